The molecule has 0 saturated heterocycles. The van der Waals surface area contributed by atoms with Gasteiger partial charge in [-0.15, -0.1) is 0 Å². The molecule has 0 aliphatic heterocycles. The lowest BCUT2D eigenvalue weighted by atomic mass is 10.0. The van der Waals surface area contributed by atoms with Crippen LogP contribution in [0.5, 0.6) is 0 Å². The Morgan fingerprint density at radius 1 is 0.880 bits per heavy atom. The molecule has 2 aromatic rings. The Labute approximate surface area is 148 Å². The second kappa shape index (κ2) is 8.97. The molecule has 2 aromatic carbocycles. The molecule has 0 aliphatic carbocycles. The molecule has 138 valence electrons. The molecule has 1 N–H and O–H groups in total. The first-order valence-electron chi connectivity index (χ1n) is 6.59. The van der Waals surface area contributed by atoms with Crippen LogP contribution in [0.1, 0.15) is 29.8 Å². The van der Waals surface area contributed by atoms with Gasteiger partial charge in [-0.2, -0.15) is 21.9 Å². The predicted molar refractivity (Wildman–Crippen MR) is 87.7 cm³/mol. The standard InChI is InChI=1S/C13H6F4O4S.C2H6.H2S/c14-8-7(12(18)6-4-2-1-3-5-6)9(15)11(17)13(10(8)16)22(19,20)21;1-2;/h1-5H,(H,19,20,21);1-2H3;1H2. The Bertz CT molecular complexity index is 840. The zero-order valence-corrected chi connectivity index (χ0v) is 14.8. The maximum atomic E-state index is 13.8. The fourth-order valence-corrected chi connectivity index (χ4v) is 2.40. The molecule has 0 radical (unpaired) electrons. The maximum Gasteiger partial charge on any atom is 0.300 e. The van der Waals surface area contributed by atoms with E-state index in [1.54, 1.807) is 0 Å². The summed E-state index contributed by atoms with van der Waals surface area (Å²) in [7, 11) is -5.56. The van der Waals surface area contributed by atoms with Gasteiger partial charge in [-0.05, 0) is 0 Å². The molecule has 4 nitrogen and oxygen atoms in total. The molecule has 0 amide bonds. The fraction of sp³-hybridized carbons (Fsp3) is 0.133. The van der Waals surface area contributed by atoms with Gasteiger partial charge >= 0.3 is 10.1 Å². The van der Waals surface area contributed by atoms with Gasteiger partial charge in [0.1, 0.15) is 5.56 Å². The Morgan fingerprint density at radius 3 is 1.64 bits per heavy atom. The first-order chi connectivity index (χ1) is 11.2. The highest BCUT2D eigenvalue weighted by Crippen LogP contribution is 2.28. The topological polar surface area (TPSA) is 71.4 Å². The number of benzene rings is 2. The van der Waals surface area contributed by atoms with Gasteiger partial charge in [0.2, 0.25) is 0 Å². The van der Waals surface area contributed by atoms with Crippen LogP contribution in [0.3, 0.4) is 0 Å². The van der Waals surface area contributed by atoms with Crippen LogP contribution in [0.4, 0.5) is 17.6 Å². The lowest BCUT2D eigenvalue weighted by Crippen LogP contribution is -2.16. The van der Waals surface area contributed by atoms with Gasteiger partial charge in [0, 0.05) is 5.56 Å². The number of rotatable bonds is 3. The molecule has 0 aromatic heterocycles. The average molecular weight is 398 g/mol. The third-order valence-electron chi connectivity index (χ3n) is 2.74. The molecule has 0 atom stereocenters. The van der Waals surface area contributed by atoms with E-state index in [2.05, 4.69) is 0 Å². The smallest absolute Gasteiger partial charge is 0.288 e. The number of ketones is 1. The molecule has 0 saturated carbocycles. The van der Waals surface area contributed by atoms with Crippen molar-refractivity contribution in [3.63, 3.8) is 0 Å². The molecule has 2 rings (SSSR count). The van der Waals surface area contributed by atoms with Crippen molar-refractivity contribution in [1.29, 1.82) is 0 Å². The average Bonchev–Trinajstić information content (AvgIpc) is 2.54. The first-order valence-corrected chi connectivity index (χ1v) is 8.03. The number of hydrogen-bond donors (Lipinski definition) is 1. The Hall–Kier alpha value is -1.91. The fourth-order valence-electron chi connectivity index (χ4n) is 1.77. The third kappa shape index (κ3) is 4.59. The Morgan fingerprint density at radius 2 is 1.28 bits per heavy atom. The van der Waals surface area contributed by atoms with Crippen molar-refractivity contribution in [3.05, 3.63) is 64.7 Å². The van der Waals surface area contributed by atoms with Crippen molar-refractivity contribution < 1.29 is 35.3 Å². The number of carbonyl (C=O) groups excluding carboxylic acids is 1. The molecule has 25 heavy (non-hydrogen) atoms. The molecule has 0 unspecified atom stereocenters. The Kier molecular flexibility index (Phi) is 8.29. The van der Waals surface area contributed by atoms with E-state index in [1.165, 1.54) is 18.2 Å². The first kappa shape index (κ1) is 23.1. The van der Waals surface area contributed by atoms with Gasteiger partial charge in [-0.3, -0.25) is 9.35 Å². The predicted octanol–water partition coefficient (Wildman–Crippen LogP) is 3.86. The van der Waals surface area contributed by atoms with Crippen molar-refractivity contribution in [1.82, 2.24) is 0 Å². The van der Waals surface area contributed by atoms with Gasteiger partial charge in [0.15, 0.2) is 33.9 Å². The van der Waals surface area contributed by atoms with Gasteiger partial charge in [-0.1, -0.05) is 44.2 Å². The van der Waals surface area contributed by atoms with Crippen LogP contribution < -0.4 is 0 Å². The summed E-state index contributed by atoms with van der Waals surface area (Å²) >= 11 is 0. The monoisotopic (exact) mass is 398 g/mol. The summed E-state index contributed by atoms with van der Waals surface area (Å²) in [5.41, 5.74) is -1.85. The SMILES string of the molecule is CC.O=C(c1ccccc1)c1c(F)c(F)c(S(=O)(=O)O)c(F)c1F.S. The van der Waals surface area contributed by atoms with E-state index in [-0.39, 0.29) is 19.1 Å². The number of hydrogen-bond acceptors (Lipinski definition) is 3. The van der Waals surface area contributed by atoms with E-state index in [0.29, 0.717) is 0 Å². The van der Waals surface area contributed by atoms with E-state index in [0.717, 1.165) is 12.1 Å². The molecule has 10 heteroatoms. The summed E-state index contributed by atoms with van der Waals surface area (Å²) in [5, 5.41) is 0. The number of halogens is 4. The summed E-state index contributed by atoms with van der Waals surface area (Å²) in [6, 6.07) is 6.48. The van der Waals surface area contributed by atoms with Crippen molar-refractivity contribution in [2.45, 2.75) is 18.7 Å². The molecule has 0 heterocycles. The van der Waals surface area contributed by atoms with Crippen LogP contribution >= 0.6 is 13.5 Å². The van der Waals surface area contributed by atoms with Crippen molar-refractivity contribution >= 4 is 29.4 Å². The van der Waals surface area contributed by atoms with Crippen LogP contribution in [0.15, 0.2) is 35.2 Å². The second-order valence-electron chi connectivity index (χ2n) is 4.13. The van der Waals surface area contributed by atoms with Crippen LogP contribution in [0.25, 0.3) is 0 Å². The van der Waals surface area contributed by atoms with Crippen molar-refractivity contribution in [2.24, 2.45) is 0 Å². The molecule has 0 bridgehead atoms. The maximum absolute atomic E-state index is 13.8. The number of carbonyl (C=O) groups is 1. The minimum absolute atomic E-state index is 0. The second-order valence-corrected chi connectivity index (χ2v) is 5.49. The Balaban J connectivity index is 0.00000185. The molecule has 0 fully saturated rings. The summed E-state index contributed by atoms with van der Waals surface area (Å²) in [6.07, 6.45) is 0. The van der Waals surface area contributed by atoms with E-state index in [9.17, 15) is 30.8 Å². The summed E-state index contributed by atoms with van der Waals surface area (Å²) in [5.74, 6) is -10.5. The van der Waals surface area contributed by atoms with Crippen LogP contribution in [0.2, 0.25) is 0 Å². The summed E-state index contributed by atoms with van der Waals surface area (Å²) < 4.78 is 85.0. The molecular formula is C15H14F4O4S2. The highest BCUT2D eigenvalue weighted by Gasteiger charge is 2.34. The largest absolute Gasteiger partial charge is 0.300 e. The van der Waals surface area contributed by atoms with Gasteiger partial charge in [-0.25, -0.2) is 17.6 Å². The van der Waals surface area contributed by atoms with E-state index < -0.39 is 49.6 Å². The highest BCUT2D eigenvalue weighted by molar-refractivity contribution is 7.85. The summed E-state index contributed by atoms with van der Waals surface area (Å²) in [6.45, 7) is 4.00. The third-order valence-corrected chi connectivity index (χ3v) is 3.62. The summed E-state index contributed by atoms with van der Waals surface area (Å²) in [4.78, 5) is 9.74. The normalized spacial score (nSPS) is 10.4. The van der Waals surface area contributed by atoms with Gasteiger partial charge in [0.25, 0.3) is 0 Å². The lowest BCUT2D eigenvalue weighted by Gasteiger charge is -2.09. The van der Waals surface area contributed by atoms with Crippen molar-refractivity contribution in [2.75, 3.05) is 0 Å². The van der Waals surface area contributed by atoms with Crippen LogP contribution in [-0.2, 0) is 10.1 Å². The van der Waals surface area contributed by atoms with E-state index in [4.69, 9.17) is 4.55 Å². The molecule has 0 aliphatic rings. The van der Waals surface area contributed by atoms with Crippen molar-refractivity contribution in [3.8, 4) is 0 Å². The van der Waals surface area contributed by atoms with Gasteiger partial charge < -0.3 is 0 Å². The molecular weight excluding hydrogens is 384 g/mol. The van der Waals surface area contributed by atoms with E-state index >= 15 is 0 Å². The molecule has 0 spiro atoms. The minimum Gasteiger partial charge on any atom is -0.288 e. The zero-order chi connectivity index (χ0) is 18.7. The van der Waals surface area contributed by atoms with E-state index in [1.807, 2.05) is 13.8 Å². The highest BCUT2D eigenvalue weighted by atomic mass is 32.2. The van der Waals surface area contributed by atoms with Crippen LogP contribution in [0, 0.1) is 23.3 Å². The van der Waals surface area contributed by atoms with Gasteiger partial charge in [0.05, 0.1) is 0 Å². The van der Waals surface area contributed by atoms with Crippen LogP contribution in [-0.4, -0.2) is 18.8 Å². The lowest BCUT2D eigenvalue weighted by molar-refractivity contribution is 0.102. The minimum atomic E-state index is -5.56. The quantitative estimate of drug-likeness (QED) is 0.369. The zero-order valence-electron chi connectivity index (χ0n) is 13.0.